The highest BCUT2D eigenvalue weighted by atomic mass is 16.5. The van der Waals surface area contributed by atoms with Gasteiger partial charge in [-0.2, -0.15) is 0 Å². The number of carbonyl (C=O) groups excluding carboxylic acids is 2. The second kappa shape index (κ2) is 7.98. The molecule has 2 aromatic carbocycles. The number of nitrogens with one attached hydrogen (secondary N) is 1. The van der Waals surface area contributed by atoms with Crippen LogP contribution in [0.1, 0.15) is 22.8 Å². The lowest BCUT2D eigenvalue weighted by atomic mass is 10.2. The molecule has 0 atom stereocenters. The number of amides is 1. The number of hydrogen-bond donors (Lipinski definition) is 1. The van der Waals surface area contributed by atoms with Gasteiger partial charge in [0.25, 0.3) is 5.91 Å². The maximum atomic E-state index is 11.9. The summed E-state index contributed by atoms with van der Waals surface area (Å²) >= 11 is 0. The van der Waals surface area contributed by atoms with Gasteiger partial charge in [-0.05, 0) is 44.2 Å². The van der Waals surface area contributed by atoms with Crippen LogP contribution in [0.5, 0.6) is 11.5 Å². The van der Waals surface area contributed by atoms with Crippen molar-refractivity contribution in [3.63, 3.8) is 0 Å². The molecule has 0 aromatic heterocycles. The van der Waals surface area contributed by atoms with Gasteiger partial charge in [-0.3, -0.25) is 9.59 Å². The minimum Gasteiger partial charge on any atom is -0.490 e. The van der Waals surface area contributed by atoms with E-state index in [0.29, 0.717) is 29.4 Å². The second-order valence-electron chi connectivity index (χ2n) is 4.96. The van der Waals surface area contributed by atoms with Crippen molar-refractivity contribution < 1.29 is 19.1 Å². The van der Waals surface area contributed by atoms with Crippen LogP contribution in [0.4, 0.5) is 5.69 Å². The van der Waals surface area contributed by atoms with Gasteiger partial charge in [-0.15, -0.1) is 0 Å². The van der Waals surface area contributed by atoms with Crippen molar-refractivity contribution >= 4 is 17.9 Å². The molecule has 0 spiro atoms. The number of benzene rings is 2. The van der Waals surface area contributed by atoms with Gasteiger partial charge in [-0.1, -0.05) is 17.7 Å². The van der Waals surface area contributed by atoms with Crippen LogP contribution in [0, 0.1) is 6.92 Å². The van der Waals surface area contributed by atoms with Crippen LogP contribution in [0.2, 0.25) is 0 Å². The van der Waals surface area contributed by atoms with Crippen LogP contribution in [-0.2, 0) is 4.79 Å². The average molecular weight is 313 g/mol. The molecule has 120 valence electrons. The van der Waals surface area contributed by atoms with Gasteiger partial charge in [0.2, 0.25) is 0 Å². The summed E-state index contributed by atoms with van der Waals surface area (Å²) in [4.78, 5) is 22.7. The fourth-order valence-corrected chi connectivity index (χ4v) is 1.96. The molecule has 0 saturated heterocycles. The molecule has 0 heterocycles. The quantitative estimate of drug-likeness (QED) is 0.797. The van der Waals surface area contributed by atoms with Gasteiger partial charge in [0.05, 0.1) is 6.61 Å². The van der Waals surface area contributed by atoms with Crippen molar-refractivity contribution in [3.8, 4) is 11.5 Å². The molecule has 0 fully saturated rings. The minimum absolute atomic E-state index is 0.144. The third kappa shape index (κ3) is 4.85. The topological polar surface area (TPSA) is 64.6 Å². The monoisotopic (exact) mass is 313 g/mol. The Morgan fingerprint density at radius 2 is 1.83 bits per heavy atom. The van der Waals surface area contributed by atoms with Crippen LogP contribution in [0.15, 0.2) is 42.5 Å². The lowest BCUT2D eigenvalue weighted by Gasteiger charge is -2.12. The van der Waals surface area contributed by atoms with E-state index in [-0.39, 0.29) is 12.5 Å². The highest BCUT2D eigenvalue weighted by Gasteiger charge is 2.09. The van der Waals surface area contributed by atoms with Crippen LogP contribution >= 0.6 is 0 Å². The van der Waals surface area contributed by atoms with Crippen molar-refractivity contribution in [1.82, 2.24) is 0 Å². The lowest BCUT2D eigenvalue weighted by molar-refractivity contribution is -0.118. The maximum absolute atomic E-state index is 11.9. The summed E-state index contributed by atoms with van der Waals surface area (Å²) in [6, 6.07) is 12.3. The van der Waals surface area contributed by atoms with Crippen LogP contribution < -0.4 is 14.8 Å². The van der Waals surface area contributed by atoms with E-state index in [1.54, 1.807) is 18.2 Å². The number of aldehydes is 1. The zero-order chi connectivity index (χ0) is 16.7. The summed E-state index contributed by atoms with van der Waals surface area (Å²) in [6.07, 6.45) is 0.733. The Labute approximate surface area is 135 Å². The third-order valence-electron chi connectivity index (χ3n) is 3.10. The number of carbonyl (C=O) groups is 2. The molecule has 0 aliphatic carbocycles. The Kier molecular flexibility index (Phi) is 5.74. The minimum atomic E-state index is -0.268. The summed E-state index contributed by atoms with van der Waals surface area (Å²) in [7, 11) is 0. The van der Waals surface area contributed by atoms with Gasteiger partial charge in [0, 0.05) is 11.3 Å². The van der Waals surface area contributed by atoms with Crippen molar-refractivity contribution in [2.75, 3.05) is 18.5 Å². The smallest absolute Gasteiger partial charge is 0.262 e. The number of hydrogen-bond acceptors (Lipinski definition) is 4. The molecule has 0 radical (unpaired) electrons. The average Bonchev–Trinajstić information content (AvgIpc) is 2.56. The largest absolute Gasteiger partial charge is 0.490 e. The highest BCUT2D eigenvalue weighted by Crippen LogP contribution is 2.28. The van der Waals surface area contributed by atoms with E-state index in [0.717, 1.165) is 11.8 Å². The Bertz CT molecular complexity index is 680. The number of rotatable bonds is 7. The summed E-state index contributed by atoms with van der Waals surface area (Å²) in [5, 5.41) is 2.75. The Hall–Kier alpha value is -2.82. The van der Waals surface area contributed by atoms with Gasteiger partial charge in [-0.25, -0.2) is 0 Å². The number of anilines is 1. The lowest BCUT2D eigenvalue weighted by Crippen LogP contribution is -2.20. The Balaban J connectivity index is 1.98. The predicted molar refractivity (Wildman–Crippen MR) is 88.3 cm³/mol. The summed E-state index contributed by atoms with van der Waals surface area (Å²) in [6.45, 7) is 4.11. The molecule has 1 N–H and O–H groups in total. The molecule has 0 bridgehead atoms. The molecule has 0 saturated carbocycles. The molecule has 0 unspecified atom stereocenters. The van der Waals surface area contributed by atoms with Gasteiger partial charge in [0.15, 0.2) is 18.1 Å². The van der Waals surface area contributed by atoms with Crippen LogP contribution in [0.3, 0.4) is 0 Å². The van der Waals surface area contributed by atoms with Crippen LogP contribution in [0.25, 0.3) is 0 Å². The van der Waals surface area contributed by atoms with Gasteiger partial charge < -0.3 is 14.8 Å². The molecule has 23 heavy (non-hydrogen) atoms. The molecule has 1 amide bonds. The standard InChI is InChI=1S/C18H19NO4/c1-3-22-17-10-14(11-20)6-9-16(17)23-12-18(21)19-15-7-4-13(2)5-8-15/h4-11H,3,12H2,1-2H3,(H,19,21). The van der Waals surface area contributed by atoms with Crippen molar-refractivity contribution in [1.29, 1.82) is 0 Å². The first-order valence-electron chi connectivity index (χ1n) is 7.33. The maximum Gasteiger partial charge on any atom is 0.262 e. The van der Waals surface area contributed by atoms with E-state index in [9.17, 15) is 9.59 Å². The zero-order valence-corrected chi connectivity index (χ0v) is 13.2. The molecule has 2 aromatic rings. The van der Waals surface area contributed by atoms with E-state index in [2.05, 4.69) is 5.32 Å². The van der Waals surface area contributed by atoms with Crippen LogP contribution in [-0.4, -0.2) is 25.4 Å². The van der Waals surface area contributed by atoms with E-state index in [4.69, 9.17) is 9.47 Å². The summed E-state index contributed by atoms with van der Waals surface area (Å²) in [5.41, 5.74) is 2.33. The third-order valence-corrected chi connectivity index (χ3v) is 3.10. The highest BCUT2D eigenvalue weighted by molar-refractivity contribution is 5.91. The fraction of sp³-hybridized carbons (Fsp3) is 0.222. The number of ether oxygens (including phenoxy) is 2. The SMILES string of the molecule is CCOc1cc(C=O)ccc1OCC(=O)Nc1ccc(C)cc1. The first kappa shape index (κ1) is 16.5. The Morgan fingerprint density at radius 1 is 1.09 bits per heavy atom. The van der Waals surface area contributed by atoms with E-state index >= 15 is 0 Å². The number of aryl methyl sites for hydroxylation is 1. The van der Waals surface area contributed by atoms with Crippen molar-refractivity contribution in [2.45, 2.75) is 13.8 Å². The van der Waals surface area contributed by atoms with Crippen molar-refractivity contribution in [2.24, 2.45) is 0 Å². The summed E-state index contributed by atoms with van der Waals surface area (Å²) < 4.78 is 10.9. The molecule has 0 aliphatic heterocycles. The normalized spacial score (nSPS) is 10.0. The van der Waals surface area contributed by atoms with Crippen molar-refractivity contribution in [3.05, 3.63) is 53.6 Å². The summed E-state index contributed by atoms with van der Waals surface area (Å²) in [5.74, 6) is 0.604. The molecule has 2 rings (SSSR count). The molecular weight excluding hydrogens is 294 g/mol. The fourth-order valence-electron chi connectivity index (χ4n) is 1.96. The molecular formula is C18H19NO4. The predicted octanol–water partition coefficient (Wildman–Crippen LogP) is 3.22. The molecule has 5 heteroatoms. The first-order valence-corrected chi connectivity index (χ1v) is 7.33. The molecule has 5 nitrogen and oxygen atoms in total. The van der Waals surface area contributed by atoms with Gasteiger partial charge >= 0.3 is 0 Å². The van der Waals surface area contributed by atoms with Gasteiger partial charge in [0.1, 0.15) is 6.29 Å². The van der Waals surface area contributed by atoms with E-state index in [1.165, 1.54) is 0 Å². The van der Waals surface area contributed by atoms with E-state index < -0.39 is 0 Å². The van der Waals surface area contributed by atoms with E-state index in [1.807, 2.05) is 38.1 Å². The molecule has 0 aliphatic rings. The first-order chi connectivity index (χ1) is 11.1. The zero-order valence-electron chi connectivity index (χ0n) is 13.2. The Morgan fingerprint density at radius 3 is 2.48 bits per heavy atom. The second-order valence-corrected chi connectivity index (χ2v) is 4.96.